The summed E-state index contributed by atoms with van der Waals surface area (Å²) in [6, 6.07) is 2.54. The van der Waals surface area contributed by atoms with Crippen molar-refractivity contribution in [1.82, 2.24) is 10.2 Å². The average molecular weight is 338 g/mol. The molecular weight excluding hydrogens is 314 g/mol. The van der Waals surface area contributed by atoms with Gasteiger partial charge in [0.05, 0.1) is 0 Å². The number of amides is 2. The molecule has 6 heteroatoms. The quantitative estimate of drug-likeness (QED) is 0.810. The monoisotopic (exact) mass is 338 g/mol. The molecule has 1 aromatic rings. The van der Waals surface area contributed by atoms with Crippen LogP contribution in [0.15, 0.2) is 18.2 Å². The molecule has 132 valence electrons. The fourth-order valence-corrected chi connectivity index (χ4v) is 2.96. The molecule has 2 rings (SSSR count). The summed E-state index contributed by atoms with van der Waals surface area (Å²) in [5, 5.41) is 2.52. The fraction of sp³-hybridized carbons (Fsp3) is 0.556. The Morgan fingerprint density at radius 2 is 1.96 bits per heavy atom. The number of likely N-dealkylation sites (tertiary alicyclic amines) is 1. The Hall–Kier alpha value is -1.98. The highest BCUT2D eigenvalue weighted by Crippen LogP contribution is 2.16. The molecule has 0 radical (unpaired) electrons. The van der Waals surface area contributed by atoms with E-state index in [9.17, 15) is 18.4 Å². The second-order valence-corrected chi connectivity index (χ2v) is 6.15. The van der Waals surface area contributed by atoms with Crippen LogP contribution in [0.25, 0.3) is 0 Å². The van der Waals surface area contributed by atoms with Gasteiger partial charge >= 0.3 is 0 Å². The molecule has 1 fully saturated rings. The zero-order valence-electron chi connectivity index (χ0n) is 14.0. The highest BCUT2D eigenvalue weighted by atomic mass is 19.1. The van der Waals surface area contributed by atoms with Crippen molar-refractivity contribution in [3.05, 3.63) is 35.4 Å². The number of hydrogen-bond acceptors (Lipinski definition) is 2. The molecule has 2 amide bonds. The van der Waals surface area contributed by atoms with Crippen LogP contribution in [0.5, 0.6) is 0 Å². The molecular formula is C18H24F2N2O2. The second kappa shape index (κ2) is 8.76. The van der Waals surface area contributed by atoms with Crippen molar-refractivity contribution >= 4 is 11.8 Å². The lowest BCUT2D eigenvalue weighted by molar-refractivity contribution is -0.132. The number of hydrogen-bond donors (Lipinski definition) is 1. The van der Waals surface area contributed by atoms with E-state index in [1.165, 1.54) is 6.07 Å². The highest BCUT2D eigenvalue weighted by Gasteiger charge is 2.29. The molecule has 1 aliphatic rings. The van der Waals surface area contributed by atoms with E-state index in [0.29, 0.717) is 19.5 Å². The normalized spacial score (nSPS) is 18.4. The maximum Gasteiger partial charge on any atom is 0.257 e. The molecule has 1 aromatic carbocycles. The van der Waals surface area contributed by atoms with Crippen molar-refractivity contribution in [2.45, 2.75) is 51.5 Å². The van der Waals surface area contributed by atoms with E-state index in [0.717, 1.165) is 44.2 Å². The molecule has 1 N–H and O–H groups in total. The summed E-state index contributed by atoms with van der Waals surface area (Å²) in [7, 11) is 0. The molecule has 1 atom stereocenters. The summed E-state index contributed by atoms with van der Waals surface area (Å²) in [5.74, 6) is -2.88. The molecule has 1 heterocycles. The smallest absolute Gasteiger partial charge is 0.257 e. The maximum absolute atomic E-state index is 13.7. The van der Waals surface area contributed by atoms with Crippen LogP contribution < -0.4 is 5.32 Å². The Labute approximate surface area is 141 Å². The van der Waals surface area contributed by atoms with Gasteiger partial charge in [0.25, 0.3) is 5.91 Å². The van der Waals surface area contributed by atoms with Crippen molar-refractivity contribution < 1.29 is 18.4 Å². The van der Waals surface area contributed by atoms with E-state index < -0.39 is 29.1 Å². The summed E-state index contributed by atoms with van der Waals surface area (Å²) in [5.41, 5.74) is -0.632. The lowest BCUT2D eigenvalue weighted by atomic mass is 10.1. The first-order valence-corrected chi connectivity index (χ1v) is 8.58. The molecule has 0 saturated carbocycles. The highest BCUT2D eigenvalue weighted by molar-refractivity contribution is 5.98. The first-order chi connectivity index (χ1) is 11.5. The molecule has 1 saturated heterocycles. The number of halogens is 2. The van der Waals surface area contributed by atoms with Crippen LogP contribution in [0.2, 0.25) is 0 Å². The molecule has 4 nitrogen and oxygen atoms in total. The summed E-state index contributed by atoms with van der Waals surface area (Å²) < 4.78 is 27.4. The number of unbranched alkanes of at least 4 members (excludes halogenated alkanes) is 2. The Morgan fingerprint density at radius 1 is 1.25 bits per heavy atom. The van der Waals surface area contributed by atoms with Crippen molar-refractivity contribution in [2.24, 2.45) is 0 Å². The Balaban J connectivity index is 2.06. The van der Waals surface area contributed by atoms with Gasteiger partial charge in [0.1, 0.15) is 23.2 Å². The topological polar surface area (TPSA) is 49.4 Å². The lowest BCUT2D eigenvalue weighted by Crippen LogP contribution is -2.48. The van der Waals surface area contributed by atoms with E-state index in [2.05, 4.69) is 12.2 Å². The van der Waals surface area contributed by atoms with Gasteiger partial charge in [-0.2, -0.15) is 0 Å². The largest absolute Gasteiger partial charge is 0.341 e. The second-order valence-electron chi connectivity index (χ2n) is 6.15. The van der Waals surface area contributed by atoms with Crippen molar-refractivity contribution in [2.75, 3.05) is 13.1 Å². The first-order valence-electron chi connectivity index (χ1n) is 8.58. The standard InChI is InChI=1S/C18H24F2N2O2/c1-2-3-5-11-22-12-6-4-10-15(18(22)24)21-17(23)16-13(19)8-7-9-14(16)20/h7-9,15H,2-6,10-12H2,1H3,(H,21,23). The molecule has 0 aliphatic carbocycles. The lowest BCUT2D eigenvalue weighted by Gasteiger charge is -2.25. The Bertz CT molecular complexity index is 572. The van der Waals surface area contributed by atoms with Gasteiger partial charge in [-0.25, -0.2) is 8.78 Å². The number of benzene rings is 1. The van der Waals surface area contributed by atoms with Crippen LogP contribution in [0.4, 0.5) is 8.78 Å². The van der Waals surface area contributed by atoms with Gasteiger partial charge in [0.15, 0.2) is 0 Å². The summed E-state index contributed by atoms with van der Waals surface area (Å²) in [6.07, 6.45) is 5.19. The predicted octanol–water partition coefficient (Wildman–Crippen LogP) is 3.27. The van der Waals surface area contributed by atoms with Gasteiger partial charge in [0, 0.05) is 13.1 Å². The van der Waals surface area contributed by atoms with Crippen LogP contribution in [-0.2, 0) is 4.79 Å². The maximum atomic E-state index is 13.7. The molecule has 0 aromatic heterocycles. The minimum atomic E-state index is -0.923. The third kappa shape index (κ3) is 4.52. The fourth-order valence-electron chi connectivity index (χ4n) is 2.96. The summed E-state index contributed by atoms with van der Waals surface area (Å²) in [4.78, 5) is 26.6. The van der Waals surface area contributed by atoms with E-state index in [1.54, 1.807) is 4.90 Å². The predicted molar refractivity (Wildman–Crippen MR) is 87.6 cm³/mol. The minimum Gasteiger partial charge on any atom is -0.341 e. The first kappa shape index (κ1) is 18.4. The van der Waals surface area contributed by atoms with Gasteiger partial charge in [-0.05, 0) is 37.8 Å². The SMILES string of the molecule is CCCCCN1CCCCC(NC(=O)c2c(F)cccc2F)C1=O. The molecule has 1 aliphatic heterocycles. The third-order valence-corrected chi connectivity index (χ3v) is 4.31. The van der Waals surface area contributed by atoms with Crippen LogP contribution >= 0.6 is 0 Å². The van der Waals surface area contributed by atoms with E-state index in [1.807, 2.05) is 0 Å². The van der Waals surface area contributed by atoms with Crippen molar-refractivity contribution in [3.63, 3.8) is 0 Å². The van der Waals surface area contributed by atoms with Crippen LogP contribution in [-0.4, -0.2) is 35.8 Å². The minimum absolute atomic E-state index is 0.159. The van der Waals surface area contributed by atoms with E-state index >= 15 is 0 Å². The average Bonchev–Trinajstić information content (AvgIpc) is 2.71. The van der Waals surface area contributed by atoms with E-state index in [4.69, 9.17) is 0 Å². The van der Waals surface area contributed by atoms with Gasteiger partial charge in [-0.3, -0.25) is 9.59 Å². The van der Waals surface area contributed by atoms with Crippen molar-refractivity contribution in [1.29, 1.82) is 0 Å². The zero-order chi connectivity index (χ0) is 17.5. The number of nitrogens with one attached hydrogen (secondary N) is 1. The van der Waals surface area contributed by atoms with Gasteiger partial charge in [-0.15, -0.1) is 0 Å². The molecule has 0 bridgehead atoms. The van der Waals surface area contributed by atoms with Gasteiger partial charge in [-0.1, -0.05) is 25.8 Å². The summed E-state index contributed by atoms with van der Waals surface area (Å²) in [6.45, 7) is 3.42. The van der Waals surface area contributed by atoms with Crippen molar-refractivity contribution in [3.8, 4) is 0 Å². The third-order valence-electron chi connectivity index (χ3n) is 4.31. The van der Waals surface area contributed by atoms with Gasteiger partial charge in [0.2, 0.25) is 5.91 Å². The molecule has 1 unspecified atom stereocenters. The van der Waals surface area contributed by atoms with Crippen LogP contribution in [0.3, 0.4) is 0 Å². The molecule has 24 heavy (non-hydrogen) atoms. The summed E-state index contributed by atoms with van der Waals surface area (Å²) >= 11 is 0. The Kier molecular flexibility index (Phi) is 6.70. The van der Waals surface area contributed by atoms with E-state index in [-0.39, 0.29) is 5.91 Å². The molecule has 0 spiro atoms. The zero-order valence-corrected chi connectivity index (χ0v) is 14.0. The Morgan fingerprint density at radius 3 is 2.62 bits per heavy atom. The number of nitrogens with zero attached hydrogens (tertiary/aromatic N) is 1. The number of carbonyl (C=O) groups excluding carboxylic acids is 2. The number of carbonyl (C=O) groups is 2. The van der Waals surface area contributed by atoms with Crippen LogP contribution in [0.1, 0.15) is 55.8 Å². The number of rotatable bonds is 6. The van der Waals surface area contributed by atoms with Gasteiger partial charge < -0.3 is 10.2 Å². The van der Waals surface area contributed by atoms with Crippen LogP contribution in [0, 0.1) is 11.6 Å².